The molecule has 0 saturated heterocycles. The molecule has 3 rings (SSSR count). The van der Waals surface area contributed by atoms with E-state index in [0.717, 1.165) is 36.5 Å². The molecule has 33 heavy (non-hydrogen) atoms. The van der Waals surface area contributed by atoms with E-state index in [1.807, 2.05) is 51.1 Å². The fourth-order valence-corrected chi connectivity index (χ4v) is 5.86. The Morgan fingerprint density at radius 3 is 2.36 bits per heavy atom. The summed E-state index contributed by atoms with van der Waals surface area (Å²) in [6.45, 7) is 10.7. The van der Waals surface area contributed by atoms with Crippen LogP contribution in [0.15, 0.2) is 60.0 Å². The summed E-state index contributed by atoms with van der Waals surface area (Å²) < 4.78 is 33.7. The molecule has 0 spiro atoms. The second-order valence-corrected chi connectivity index (χ2v) is 11.8. The third kappa shape index (κ3) is 7.05. The van der Waals surface area contributed by atoms with E-state index >= 15 is 0 Å². The zero-order valence-electron chi connectivity index (χ0n) is 19.9. The van der Waals surface area contributed by atoms with Gasteiger partial charge < -0.3 is 10.1 Å². The quantitative estimate of drug-likeness (QED) is 0.526. The number of nitrogens with zero attached hydrogens (tertiary/aromatic N) is 1. The second kappa shape index (κ2) is 10.7. The fourth-order valence-electron chi connectivity index (χ4n) is 4.34. The van der Waals surface area contributed by atoms with Gasteiger partial charge in [0.2, 0.25) is 10.0 Å². The summed E-state index contributed by atoms with van der Waals surface area (Å²) in [6.07, 6.45) is 5.04. The van der Waals surface area contributed by atoms with Crippen molar-refractivity contribution in [1.82, 2.24) is 9.62 Å². The number of carbonyl (C=O) groups is 1. The predicted octanol–water partition coefficient (Wildman–Crippen LogP) is 5.35. The van der Waals surface area contributed by atoms with Gasteiger partial charge in [-0.15, -0.1) is 6.58 Å². The second-order valence-electron chi connectivity index (χ2n) is 9.89. The van der Waals surface area contributed by atoms with E-state index in [1.165, 1.54) is 0 Å². The van der Waals surface area contributed by atoms with Crippen LogP contribution in [0.3, 0.4) is 0 Å². The topological polar surface area (TPSA) is 75.7 Å². The van der Waals surface area contributed by atoms with Crippen LogP contribution in [0.1, 0.15) is 46.5 Å². The van der Waals surface area contributed by atoms with Crippen LogP contribution in [0.25, 0.3) is 10.8 Å². The standard InChI is InChI=1S/C26H36N2O4S/c1-5-16-28(33(30,31)24-15-14-22-8-6-7-9-23(22)17-24)19-21-12-10-20(11-13-21)18-27-25(29)32-26(2,3)4/h5-9,14-15,17,20-21H,1,10-13,16,18-19H2,2-4H3,(H,27,29)/t20-,21-. The summed E-state index contributed by atoms with van der Waals surface area (Å²) in [4.78, 5) is 12.2. The largest absolute Gasteiger partial charge is 0.444 e. The Labute approximate surface area is 198 Å². The SMILES string of the molecule is C=CCN(C[C@H]1CC[C@H](CNC(=O)OC(C)(C)C)CC1)S(=O)(=O)c1ccc2ccccc2c1. The van der Waals surface area contributed by atoms with Crippen LogP contribution in [0.2, 0.25) is 0 Å². The van der Waals surface area contributed by atoms with Gasteiger partial charge in [-0.3, -0.25) is 0 Å². The molecular formula is C26H36N2O4S. The molecule has 1 aliphatic carbocycles. The third-order valence-corrected chi connectivity index (χ3v) is 7.88. The van der Waals surface area contributed by atoms with Gasteiger partial charge in [-0.25, -0.2) is 13.2 Å². The molecule has 0 heterocycles. The van der Waals surface area contributed by atoms with Gasteiger partial charge in [0.1, 0.15) is 5.60 Å². The highest BCUT2D eigenvalue weighted by atomic mass is 32.2. The maximum absolute atomic E-state index is 13.4. The summed E-state index contributed by atoms with van der Waals surface area (Å²) >= 11 is 0. The number of nitrogens with one attached hydrogen (secondary N) is 1. The smallest absolute Gasteiger partial charge is 0.407 e. The number of sulfonamides is 1. The lowest BCUT2D eigenvalue weighted by Crippen LogP contribution is -2.38. The summed E-state index contributed by atoms with van der Waals surface area (Å²) in [5.74, 6) is 0.677. The summed E-state index contributed by atoms with van der Waals surface area (Å²) in [5, 5.41) is 4.80. The zero-order valence-corrected chi connectivity index (χ0v) is 20.7. The maximum Gasteiger partial charge on any atom is 0.407 e. The average Bonchev–Trinajstić information content (AvgIpc) is 2.77. The van der Waals surface area contributed by atoms with Gasteiger partial charge >= 0.3 is 6.09 Å². The Kier molecular flexibility index (Phi) is 8.19. The van der Waals surface area contributed by atoms with Gasteiger partial charge in [0.05, 0.1) is 4.90 Å². The van der Waals surface area contributed by atoms with Crippen LogP contribution < -0.4 is 5.32 Å². The van der Waals surface area contributed by atoms with E-state index in [0.29, 0.717) is 23.9 Å². The number of amides is 1. The Hall–Kier alpha value is -2.38. The van der Waals surface area contributed by atoms with Crippen molar-refractivity contribution in [3.63, 3.8) is 0 Å². The summed E-state index contributed by atoms with van der Waals surface area (Å²) in [5.41, 5.74) is -0.507. The van der Waals surface area contributed by atoms with Crippen molar-refractivity contribution in [2.75, 3.05) is 19.6 Å². The van der Waals surface area contributed by atoms with Crippen molar-refractivity contribution < 1.29 is 17.9 Å². The van der Waals surface area contributed by atoms with Gasteiger partial charge in [0, 0.05) is 19.6 Å². The maximum atomic E-state index is 13.4. The molecule has 1 saturated carbocycles. The fraction of sp³-hybridized carbons (Fsp3) is 0.500. The average molecular weight is 473 g/mol. The molecule has 1 N–H and O–H groups in total. The highest BCUT2D eigenvalue weighted by molar-refractivity contribution is 7.89. The first-order valence-corrected chi connectivity index (χ1v) is 13.1. The van der Waals surface area contributed by atoms with Crippen LogP contribution in [0, 0.1) is 11.8 Å². The first kappa shape index (κ1) is 25.2. The molecule has 1 fully saturated rings. The van der Waals surface area contributed by atoms with Gasteiger partial charge in [-0.2, -0.15) is 4.31 Å². The molecule has 1 aliphatic rings. The lowest BCUT2D eigenvalue weighted by atomic mass is 9.82. The molecule has 6 nitrogen and oxygen atoms in total. The molecule has 0 aromatic heterocycles. The molecule has 0 atom stereocenters. The van der Waals surface area contributed by atoms with E-state index in [4.69, 9.17) is 4.74 Å². The van der Waals surface area contributed by atoms with Crippen molar-refractivity contribution in [2.45, 2.75) is 57.0 Å². The number of alkyl carbamates (subject to hydrolysis) is 1. The Bertz CT molecular complexity index is 1070. The van der Waals surface area contributed by atoms with E-state index in [9.17, 15) is 13.2 Å². The normalized spacial score (nSPS) is 19.4. The van der Waals surface area contributed by atoms with Crippen LogP contribution in [0.5, 0.6) is 0 Å². The van der Waals surface area contributed by atoms with Crippen LogP contribution in [0.4, 0.5) is 4.79 Å². The molecule has 0 unspecified atom stereocenters. The number of hydrogen-bond acceptors (Lipinski definition) is 4. The minimum absolute atomic E-state index is 0.287. The van der Waals surface area contributed by atoms with Crippen molar-refractivity contribution in [3.8, 4) is 0 Å². The van der Waals surface area contributed by atoms with Crippen LogP contribution >= 0.6 is 0 Å². The summed E-state index contributed by atoms with van der Waals surface area (Å²) in [7, 11) is -3.62. The number of benzene rings is 2. The van der Waals surface area contributed by atoms with Crippen molar-refractivity contribution in [1.29, 1.82) is 0 Å². The number of rotatable bonds is 8. The first-order chi connectivity index (χ1) is 15.6. The molecule has 0 bridgehead atoms. The predicted molar refractivity (Wildman–Crippen MR) is 133 cm³/mol. The van der Waals surface area contributed by atoms with E-state index in [2.05, 4.69) is 11.9 Å². The molecule has 2 aromatic rings. The number of fused-ring (bicyclic) bond motifs is 1. The van der Waals surface area contributed by atoms with Crippen LogP contribution in [-0.4, -0.2) is 44.1 Å². The summed E-state index contributed by atoms with van der Waals surface area (Å²) in [6, 6.07) is 13.1. The van der Waals surface area contributed by atoms with E-state index in [1.54, 1.807) is 22.5 Å². The highest BCUT2D eigenvalue weighted by Gasteiger charge is 2.29. The molecule has 0 aliphatic heterocycles. The van der Waals surface area contributed by atoms with Crippen molar-refractivity contribution in [3.05, 3.63) is 55.1 Å². The number of ether oxygens (including phenoxy) is 1. The Balaban J connectivity index is 1.59. The first-order valence-electron chi connectivity index (χ1n) is 11.6. The lowest BCUT2D eigenvalue weighted by Gasteiger charge is -2.32. The van der Waals surface area contributed by atoms with Gasteiger partial charge in [0.25, 0.3) is 0 Å². The highest BCUT2D eigenvalue weighted by Crippen LogP contribution is 2.31. The third-order valence-electron chi connectivity index (χ3n) is 6.05. The van der Waals surface area contributed by atoms with Gasteiger partial charge in [0.15, 0.2) is 0 Å². The minimum atomic E-state index is -3.62. The van der Waals surface area contributed by atoms with Gasteiger partial charge in [-0.1, -0.05) is 36.4 Å². The lowest BCUT2D eigenvalue weighted by molar-refractivity contribution is 0.0513. The monoisotopic (exact) mass is 472 g/mol. The number of hydrogen-bond donors (Lipinski definition) is 1. The van der Waals surface area contributed by atoms with E-state index in [-0.39, 0.29) is 18.6 Å². The Morgan fingerprint density at radius 2 is 1.73 bits per heavy atom. The number of carbonyl (C=O) groups excluding carboxylic acids is 1. The molecule has 7 heteroatoms. The van der Waals surface area contributed by atoms with Crippen molar-refractivity contribution in [2.24, 2.45) is 11.8 Å². The molecule has 2 aromatic carbocycles. The van der Waals surface area contributed by atoms with Crippen LogP contribution in [-0.2, 0) is 14.8 Å². The van der Waals surface area contributed by atoms with Gasteiger partial charge in [-0.05, 0) is 81.2 Å². The zero-order chi connectivity index (χ0) is 24.1. The minimum Gasteiger partial charge on any atom is -0.444 e. The van der Waals surface area contributed by atoms with Crippen molar-refractivity contribution >= 4 is 26.9 Å². The van der Waals surface area contributed by atoms with E-state index < -0.39 is 15.6 Å². The molecule has 1 amide bonds. The Morgan fingerprint density at radius 1 is 1.09 bits per heavy atom. The molecule has 0 radical (unpaired) electrons. The molecular weight excluding hydrogens is 436 g/mol. The molecule has 180 valence electrons.